The van der Waals surface area contributed by atoms with Crippen LogP contribution in [0.4, 0.5) is 0 Å². The topological polar surface area (TPSA) is 0 Å². The minimum Gasteiger partial charge on any atom is -0.0790 e. The third kappa shape index (κ3) is 5.94. The Kier molecular flexibility index (Phi) is 9.89. The number of hydrogen-bond acceptors (Lipinski definition) is 0. The molecule has 1 aliphatic rings. The SMILES string of the molecule is CCCC1=CC([Si](c2cc(CC)cc(CC)c2)(c2cc(CC)cc(CC)c2)c2cc(CC)cc(CC)c2)C=C1. The van der Waals surface area contributed by atoms with Gasteiger partial charge in [0.25, 0.3) is 0 Å². The molecule has 0 saturated heterocycles. The molecule has 3 aromatic rings. The van der Waals surface area contributed by atoms with Gasteiger partial charge in [-0.15, -0.1) is 0 Å². The molecule has 0 aromatic heterocycles. The van der Waals surface area contributed by atoms with E-state index in [9.17, 15) is 0 Å². The Labute approximate surface area is 240 Å². The third-order valence-electron chi connectivity index (χ3n) is 8.92. The lowest BCUT2D eigenvalue weighted by atomic mass is 10.1. The molecule has 206 valence electrons. The quantitative estimate of drug-likeness (QED) is 0.162. The van der Waals surface area contributed by atoms with E-state index in [4.69, 9.17) is 0 Å². The first-order valence-electron chi connectivity index (χ1n) is 15.7. The monoisotopic (exact) mass is 534 g/mol. The average Bonchev–Trinajstić information content (AvgIpc) is 3.45. The zero-order valence-corrected chi connectivity index (χ0v) is 26.7. The van der Waals surface area contributed by atoms with E-state index in [1.54, 1.807) is 15.6 Å². The van der Waals surface area contributed by atoms with Crippen LogP contribution in [-0.2, 0) is 38.5 Å². The molecule has 0 nitrogen and oxygen atoms in total. The normalized spacial score (nSPS) is 15.2. The van der Waals surface area contributed by atoms with E-state index in [0.29, 0.717) is 5.54 Å². The fourth-order valence-corrected chi connectivity index (χ4v) is 12.0. The Balaban J connectivity index is 2.20. The average molecular weight is 535 g/mol. The summed E-state index contributed by atoms with van der Waals surface area (Å²) in [5, 5.41) is 4.77. The molecule has 1 aliphatic carbocycles. The summed E-state index contributed by atoms with van der Waals surface area (Å²) in [4.78, 5) is 0. The minimum absolute atomic E-state index is 0.407. The first kappa shape index (κ1) is 29.3. The van der Waals surface area contributed by atoms with Crippen molar-refractivity contribution in [3.63, 3.8) is 0 Å². The largest absolute Gasteiger partial charge is 0.158 e. The highest BCUT2D eigenvalue weighted by Gasteiger charge is 2.46. The van der Waals surface area contributed by atoms with Crippen molar-refractivity contribution in [1.82, 2.24) is 0 Å². The lowest BCUT2D eigenvalue weighted by molar-refractivity contribution is 0.927. The van der Waals surface area contributed by atoms with E-state index in [0.717, 1.165) is 44.9 Å². The predicted molar refractivity (Wildman–Crippen MR) is 176 cm³/mol. The molecule has 1 heteroatoms. The van der Waals surface area contributed by atoms with Crippen LogP contribution in [0.2, 0.25) is 5.54 Å². The van der Waals surface area contributed by atoms with Gasteiger partial charge in [-0.25, -0.2) is 0 Å². The van der Waals surface area contributed by atoms with Crippen LogP contribution in [0.15, 0.2) is 78.4 Å². The molecule has 0 N–H and O–H groups in total. The molecule has 1 unspecified atom stereocenters. The standard InChI is InChI=1S/C38H50Si/c1-8-15-34-16-17-35(27-34)39(36-21-28(9-2)18-29(10-3)22-36,37-23-30(11-4)19-31(12-5)24-37)38-25-32(13-6)20-33(14-7)26-38/h16-27,35H,8-15H2,1-7H3. The Morgan fingerprint density at radius 2 is 0.821 bits per heavy atom. The summed E-state index contributed by atoms with van der Waals surface area (Å²) in [5.41, 5.74) is 10.8. The summed E-state index contributed by atoms with van der Waals surface area (Å²) in [6.07, 6.45) is 16.5. The molecular formula is C38H50Si. The van der Waals surface area contributed by atoms with Crippen LogP contribution in [0.3, 0.4) is 0 Å². The zero-order valence-electron chi connectivity index (χ0n) is 25.7. The van der Waals surface area contributed by atoms with Crippen LogP contribution in [0.1, 0.15) is 94.7 Å². The van der Waals surface area contributed by atoms with Crippen molar-refractivity contribution in [2.24, 2.45) is 0 Å². The van der Waals surface area contributed by atoms with Crippen molar-refractivity contribution < 1.29 is 0 Å². The van der Waals surface area contributed by atoms with Gasteiger partial charge in [0.2, 0.25) is 0 Å². The van der Waals surface area contributed by atoms with E-state index in [1.165, 1.54) is 45.4 Å². The van der Waals surface area contributed by atoms with Crippen LogP contribution >= 0.6 is 0 Å². The first-order chi connectivity index (χ1) is 18.9. The Morgan fingerprint density at radius 1 is 0.487 bits per heavy atom. The summed E-state index contributed by atoms with van der Waals surface area (Å²) in [7, 11) is -2.51. The van der Waals surface area contributed by atoms with Crippen molar-refractivity contribution in [3.8, 4) is 0 Å². The molecule has 3 aromatic carbocycles. The maximum absolute atomic E-state index is 2.66. The lowest BCUT2D eigenvalue weighted by Crippen LogP contribution is -2.69. The van der Waals surface area contributed by atoms with Crippen molar-refractivity contribution in [2.75, 3.05) is 0 Å². The fraction of sp³-hybridized carbons (Fsp3) is 0.421. The van der Waals surface area contributed by atoms with E-state index < -0.39 is 8.07 Å². The molecule has 0 bridgehead atoms. The summed E-state index contributed by atoms with van der Waals surface area (Å²) < 4.78 is 0. The van der Waals surface area contributed by atoms with Crippen LogP contribution in [0.25, 0.3) is 0 Å². The van der Waals surface area contributed by atoms with E-state index in [-0.39, 0.29) is 0 Å². The predicted octanol–water partition coefficient (Wildman–Crippen LogP) is 8.20. The molecule has 0 amide bonds. The molecular weight excluding hydrogens is 485 g/mol. The molecule has 0 aliphatic heterocycles. The highest BCUT2D eigenvalue weighted by atomic mass is 28.3. The van der Waals surface area contributed by atoms with Gasteiger partial charge in [-0.1, -0.05) is 133 Å². The first-order valence-corrected chi connectivity index (χ1v) is 17.8. The Bertz CT molecular complexity index is 1140. The Morgan fingerprint density at radius 3 is 1.10 bits per heavy atom. The molecule has 1 atom stereocenters. The van der Waals surface area contributed by atoms with Crippen LogP contribution in [-0.4, -0.2) is 8.07 Å². The number of benzene rings is 3. The highest BCUT2D eigenvalue weighted by molar-refractivity contribution is 7.13. The number of hydrogen-bond donors (Lipinski definition) is 0. The molecule has 0 radical (unpaired) electrons. The lowest BCUT2D eigenvalue weighted by Gasteiger charge is -2.39. The van der Waals surface area contributed by atoms with Crippen LogP contribution in [0, 0.1) is 0 Å². The van der Waals surface area contributed by atoms with Crippen molar-refractivity contribution >= 4 is 23.6 Å². The van der Waals surface area contributed by atoms with Gasteiger partial charge in [0.05, 0.1) is 0 Å². The van der Waals surface area contributed by atoms with E-state index >= 15 is 0 Å². The summed E-state index contributed by atoms with van der Waals surface area (Å²) in [6.45, 7) is 16.2. The van der Waals surface area contributed by atoms with Gasteiger partial charge in [0.15, 0.2) is 8.07 Å². The van der Waals surface area contributed by atoms with Crippen LogP contribution < -0.4 is 15.6 Å². The van der Waals surface area contributed by atoms with E-state index in [2.05, 4.69) is 121 Å². The van der Waals surface area contributed by atoms with Crippen molar-refractivity contribution in [3.05, 3.63) is 112 Å². The van der Waals surface area contributed by atoms with Gasteiger partial charge in [0, 0.05) is 5.54 Å². The summed E-state index contributed by atoms with van der Waals surface area (Å²) >= 11 is 0. The molecule has 39 heavy (non-hydrogen) atoms. The van der Waals surface area contributed by atoms with Gasteiger partial charge in [-0.2, -0.15) is 0 Å². The fourth-order valence-electron chi connectivity index (χ4n) is 6.57. The second kappa shape index (κ2) is 13.1. The number of aryl methyl sites for hydroxylation is 6. The van der Waals surface area contributed by atoms with Crippen molar-refractivity contribution in [2.45, 2.75) is 105 Å². The van der Waals surface area contributed by atoms with Gasteiger partial charge >= 0.3 is 0 Å². The number of rotatable bonds is 12. The second-order valence-corrected chi connectivity index (χ2v) is 15.4. The molecule has 4 rings (SSSR count). The van der Waals surface area contributed by atoms with Gasteiger partial charge in [-0.3, -0.25) is 0 Å². The van der Waals surface area contributed by atoms with E-state index in [1.807, 2.05) is 0 Å². The maximum atomic E-state index is 2.66. The molecule has 0 heterocycles. The van der Waals surface area contributed by atoms with Crippen LogP contribution in [0.5, 0.6) is 0 Å². The molecule has 0 fully saturated rings. The Hall–Kier alpha value is -2.64. The number of allylic oxidation sites excluding steroid dienone is 4. The highest BCUT2D eigenvalue weighted by Crippen LogP contribution is 2.34. The second-order valence-electron chi connectivity index (χ2n) is 11.4. The van der Waals surface area contributed by atoms with Gasteiger partial charge in [-0.05, 0) is 93.9 Å². The smallest absolute Gasteiger partial charge is 0.0790 e. The van der Waals surface area contributed by atoms with Gasteiger partial charge in [0.1, 0.15) is 0 Å². The maximum Gasteiger partial charge on any atom is 0.158 e. The third-order valence-corrected chi connectivity index (χ3v) is 13.9. The molecule has 0 spiro atoms. The summed E-state index contributed by atoms with van der Waals surface area (Å²) in [5.74, 6) is 0. The minimum atomic E-state index is -2.51. The molecule has 0 saturated carbocycles. The summed E-state index contributed by atoms with van der Waals surface area (Å²) in [6, 6.07) is 22.9. The zero-order chi connectivity index (χ0) is 28.0. The van der Waals surface area contributed by atoms with Crippen molar-refractivity contribution in [1.29, 1.82) is 0 Å². The van der Waals surface area contributed by atoms with Gasteiger partial charge < -0.3 is 0 Å².